The predicted octanol–water partition coefficient (Wildman–Crippen LogP) is 3.84. The van der Waals surface area contributed by atoms with E-state index in [4.69, 9.17) is 4.74 Å². The number of nitrogens with one attached hydrogen (secondary N) is 1. The van der Waals surface area contributed by atoms with Gasteiger partial charge in [0.05, 0.1) is 11.6 Å². The van der Waals surface area contributed by atoms with E-state index in [1.54, 1.807) is 7.11 Å². The maximum Gasteiger partial charge on any atom is 0.133 e. The Morgan fingerprint density at radius 1 is 1.38 bits per heavy atom. The molecule has 1 saturated heterocycles. The highest BCUT2D eigenvalue weighted by molar-refractivity contribution is 9.10. The number of methoxy groups -OCH3 is 1. The summed E-state index contributed by atoms with van der Waals surface area (Å²) >= 11 is 3.57. The van der Waals surface area contributed by atoms with Crippen LogP contribution < -0.4 is 10.1 Å². The third-order valence-corrected chi connectivity index (χ3v) is 5.18. The normalized spacial score (nSPS) is 22.8. The van der Waals surface area contributed by atoms with Gasteiger partial charge in [0.2, 0.25) is 0 Å². The van der Waals surface area contributed by atoms with Gasteiger partial charge in [-0.05, 0) is 79.8 Å². The zero-order valence-corrected chi connectivity index (χ0v) is 15.1. The standard InChI is InChI=1S/C17H27BrN2O/c1-12(14-7-8-17(21-4)16(18)10-14)19-13(2)15-6-5-9-20(3)11-15/h7-8,10,12-13,15,19H,5-6,9,11H2,1-4H3. The average Bonchev–Trinajstić information content (AvgIpc) is 2.47. The Morgan fingerprint density at radius 2 is 2.14 bits per heavy atom. The lowest BCUT2D eigenvalue weighted by Crippen LogP contribution is -2.43. The molecule has 0 radical (unpaired) electrons. The first kappa shape index (κ1) is 16.8. The second kappa shape index (κ2) is 7.61. The van der Waals surface area contributed by atoms with E-state index in [-0.39, 0.29) is 0 Å². The summed E-state index contributed by atoms with van der Waals surface area (Å²) in [7, 11) is 3.92. The Morgan fingerprint density at radius 3 is 2.76 bits per heavy atom. The Labute approximate surface area is 137 Å². The maximum atomic E-state index is 5.29. The Hall–Kier alpha value is -0.580. The van der Waals surface area contributed by atoms with Crippen LogP contribution in [0.1, 0.15) is 38.3 Å². The highest BCUT2D eigenvalue weighted by Crippen LogP contribution is 2.29. The molecule has 1 fully saturated rings. The maximum absolute atomic E-state index is 5.29. The van der Waals surface area contributed by atoms with Gasteiger partial charge in [-0.2, -0.15) is 0 Å². The molecule has 1 heterocycles. The summed E-state index contributed by atoms with van der Waals surface area (Å²) in [5.41, 5.74) is 1.29. The zero-order valence-electron chi connectivity index (χ0n) is 13.5. The van der Waals surface area contributed by atoms with Crippen LogP contribution in [-0.2, 0) is 0 Å². The van der Waals surface area contributed by atoms with Crippen LogP contribution in [0.15, 0.2) is 22.7 Å². The average molecular weight is 355 g/mol. The minimum Gasteiger partial charge on any atom is -0.496 e. The fraction of sp³-hybridized carbons (Fsp3) is 0.647. The van der Waals surface area contributed by atoms with E-state index in [0.717, 1.165) is 16.1 Å². The van der Waals surface area contributed by atoms with Crippen LogP contribution in [0.25, 0.3) is 0 Å². The van der Waals surface area contributed by atoms with Gasteiger partial charge in [-0.15, -0.1) is 0 Å². The Kier molecular flexibility index (Phi) is 6.08. The van der Waals surface area contributed by atoms with Gasteiger partial charge in [0.1, 0.15) is 5.75 Å². The third kappa shape index (κ3) is 4.44. The fourth-order valence-electron chi connectivity index (χ4n) is 3.19. The number of benzene rings is 1. The molecule has 1 aliphatic heterocycles. The monoisotopic (exact) mass is 354 g/mol. The smallest absolute Gasteiger partial charge is 0.133 e. The van der Waals surface area contributed by atoms with Crippen molar-refractivity contribution in [2.75, 3.05) is 27.2 Å². The molecule has 0 spiro atoms. The lowest BCUT2D eigenvalue weighted by molar-refractivity contribution is 0.174. The SMILES string of the molecule is COc1ccc(C(C)NC(C)C2CCCN(C)C2)cc1Br. The van der Waals surface area contributed by atoms with Crippen LogP contribution in [0.4, 0.5) is 0 Å². The molecule has 0 aliphatic carbocycles. The topological polar surface area (TPSA) is 24.5 Å². The molecule has 3 nitrogen and oxygen atoms in total. The first-order chi connectivity index (χ1) is 10.0. The Balaban J connectivity index is 1.96. The molecule has 0 saturated carbocycles. The second-order valence-electron chi connectivity index (χ2n) is 6.24. The fourth-order valence-corrected chi connectivity index (χ4v) is 3.75. The molecule has 1 N–H and O–H groups in total. The number of piperidine rings is 1. The number of nitrogens with zero attached hydrogens (tertiary/aromatic N) is 1. The Bertz CT molecular complexity index is 466. The van der Waals surface area contributed by atoms with Crippen LogP contribution in [-0.4, -0.2) is 38.2 Å². The van der Waals surface area contributed by atoms with Crippen LogP contribution in [0.2, 0.25) is 0 Å². The quantitative estimate of drug-likeness (QED) is 0.869. The highest BCUT2D eigenvalue weighted by Gasteiger charge is 2.24. The molecule has 2 rings (SSSR count). The molecule has 0 aromatic heterocycles. The zero-order chi connectivity index (χ0) is 15.4. The minimum absolute atomic E-state index is 0.342. The number of hydrogen-bond acceptors (Lipinski definition) is 3. The van der Waals surface area contributed by atoms with E-state index in [9.17, 15) is 0 Å². The second-order valence-corrected chi connectivity index (χ2v) is 7.09. The molecular weight excluding hydrogens is 328 g/mol. The van der Waals surface area contributed by atoms with Gasteiger partial charge in [-0.1, -0.05) is 6.07 Å². The van der Waals surface area contributed by atoms with Gasteiger partial charge in [-0.25, -0.2) is 0 Å². The minimum atomic E-state index is 0.342. The molecule has 3 unspecified atom stereocenters. The van der Waals surface area contributed by atoms with Gasteiger partial charge in [0, 0.05) is 18.6 Å². The van der Waals surface area contributed by atoms with Crippen molar-refractivity contribution in [3.63, 3.8) is 0 Å². The van der Waals surface area contributed by atoms with E-state index in [1.165, 1.54) is 31.5 Å². The van der Waals surface area contributed by atoms with Crippen molar-refractivity contribution in [1.29, 1.82) is 0 Å². The largest absolute Gasteiger partial charge is 0.496 e. The first-order valence-corrected chi connectivity index (χ1v) is 8.58. The molecular formula is C17H27BrN2O. The predicted molar refractivity (Wildman–Crippen MR) is 91.9 cm³/mol. The van der Waals surface area contributed by atoms with Crippen molar-refractivity contribution >= 4 is 15.9 Å². The molecule has 1 aromatic rings. The van der Waals surface area contributed by atoms with Crippen LogP contribution in [0, 0.1) is 5.92 Å². The van der Waals surface area contributed by atoms with Crippen LogP contribution in [0.3, 0.4) is 0 Å². The van der Waals surface area contributed by atoms with Crippen molar-refractivity contribution in [3.8, 4) is 5.75 Å². The van der Waals surface area contributed by atoms with Crippen molar-refractivity contribution in [2.45, 2.75) is 38.8 Å². The summed E-state index contributed by atoms with van der Waals surface area (Å²) in [5, 5.41) is 3.76. The van der Waals surface area contributed by atoms with Crippen molar-refractivity contribution in [3.05, 3.63) is 28.2 Å². The first-order valence-electron chi connectivity index (χ1n) is 7.79. The number of halogens is 1. The summed E-state index contributed by atoms with van der Waals surface area (Å²) in [5.74, 6) is 1.63. The van der Waals surface area contributed by atoms with E-state index < -0.39 is 0 Å². The molecule has 4 heteroatoms. The molecule has 1 aliphatic rings. The van der Waals surface area contributed by atoms with Crippen LogP contribution in [0.5, 0.6) is 5.75 Å². The molecule has 3 atom stereocenters. The van der Waals surface area contributed by atoms with Crippen LogP contribution >= 0.6 is 15.9 Å². The highest BCUT2D eigenvalue weighted by atomic mass is 79.9. The van der Waals surface area contributed by atoms with E-state index >= 15 is 0 Å². The van der Waals surface area contributed by atoms with Crippen molar-refractivity contribution in [2.24, 2.45) is 5.92 Å². The molecule has 0 bridgehead atoms. The van der Waals surface area contributed by atoms with Gasteiger partial charge >= 0.3 is 0 Å². The molecule has 0 amide bonds. The van der Waals surface area contributed by atoms with E-state index in [1.807, 2.05) is 6.07 Å². The van der Waals surface area contributed by atoms with Gasteiger partial charge < -0.3 is 15.0 Å². The summed E-state index contributed by atoms with van der Waals surface area (Å²) in [4.78, 5) is 2.45. The molecule has 118 valence electrons. The van der Waals surface area contributed by atoms with Gasteiger partial charge in [0.15, 0.2) is 0 Å². The van der Waals surface area contributed by atoms with E-state index in [0.29, 0.717) is 12.1 Å². The third-order valence-electron chi connectivity index (χ3n) is 4.56. The van der Waals surface area contributed by atoms with Gasteiger partial charge in [0.25, 0.3) is 0 Å². The summed E-state index contributed by atoms with van der Waals surface area (Å²) in [6, 6.07) is 7.19. The lowest BCUT2D eigenvalue weighted by Gasteiger charge is -2.35. The van der Waals surface area contributed by atoms with Crippen molar-refractivity contribution < 1.29 is 4.74 Å². The summed E-state index contributed by atoms with van der Waals surface area (Å²) < 4.78 is 6.31. The molecule has 21 heavy (non-hydrogen) atoms. The number of likely N-dealkylation sites (tertiary alicyclic amines) is 1. The number of hydrogen-bond donors (Lipinski definition) is 1. The summed E-state index contributed by atoms with van der Waals surface area (Å²) in [6.45, 7) is 6.99. The summed E-state index contributed by atoms with van der Waals surface area (Å²) in [6.07, 6.45) is 2.65. The van der Waals surface area contributed by atoms with Crippen molar-refractivity contribution in [1.82, 2.24) is 10.2 Å². The number of ether oxygens (including phenoxy) is 1. The molecule has 1 aromatic carbocycles. The van der Waals surface area contributed by atoms with E-state index in [2.05, 4.69) is 59.2 Å². The van der Waals surface area contributed by atoms with Gasteiger partial charge in [-0.3, -0.25) is 0 Å². The number of rotatable bonds is 5. The lowest BCUT2D eigenvalue weighted by atomic mass is 9.91.